The van der Waals surface area contributed by atoms with Crippen molar-refractivity contribution in [1.29, 1.82) is 0 Å². The Hall–Kier alpha value is -3.30. The first-order valence-corrected chi connectivity index (χ1v) is 7.77. The van der Waals surface area contributed by atoms with Crippen molar-refractivity contribution in [2.45, 2.75) is 26.4 Å². The van der Waals surface area contributed by atoms with Crippen LogP contribution in [0.2, 0.25) is 0 Å². The van der Waals surface area contributed by atoms with Crippen LogP contribution in [0, 0.1) is 0 Å². The van der Waals surface area contributed by atoms with E-state index in [0.29, 0.717) is 29.5 Å². The third kappa shape index (κ3) is 3.97. The minimum absolute atomic E-state index is 0.0449. The van der Waals surface area contributed by atoms with E-state index in [1.807, 2.05) is 6.92 Å². The lowest BCUT2D eigenvalue weighted by atomic mass is 10.2. The summed E-state index contributed by atoms with van der Waals surface area (Å²) >= 11 is 0. The van der Waals surface area contributed by atoms with Gasteiger partial charge >= 0.3 is 0 Å². The van der Waals surface area contributed by atoms with Crippen molar-refractivity contribution < 1.29 is 9.53 Å². The Morgan fingerprint density at radius 2 is 2.08 bits per heavy atom. The number of methoxy groups -OCH3 is 1. The Kier molecular flexibility index (Phi) is 4.97. The van der Waals surface area contributed by atoms with E-state index >= 15 is 0 Å². The number of aromatic nitrogens is 7. The van der Waals surface area contributed by atoms with Crippen LogP contribution in [0.5, 0.6) is 5.88 Å². The van der Waals surface area contributed by atoms with Crippen LogP contribution in [0.1, 0.15) is 13.3 Å². The molecule has 0 saturated carbocycles. The quantitative estimate of drug-likeness (QED) is 0.681. The van der Waals surface area contributed by atoms with E-state index in [4.69, 9.17) is 4.74 Å². The smallest absolute Gasteiger partial charge is 0.247 e. The maximum Gasteiger partial charge on any atom is 0.247 e. The van der Waals surface area contributed by atoms with E-state index in [-0.39, 0.29) is 12.5 Å². The van der Waals surface area contributed by atoms with Crippen LogP contribution in [0.25, 0.3) is 11.3 Å². The van der Waals surface area contributed by atoms with Gasteiger partial charge in [0.05, 0.1) is 26.0 Å². The molecule has 1 N–H and O–H groups in total. The van der Waals surface area contributed by atoms with Crippen LogP contribution in [-0.2, 0) is 17.9 Å². The van der Waals surface area contributed by atoms with Gasteiger partial charge in [0.1, 0.15) is 12.2 Å². The van der Waals surface area contributed by atoms with E-state index in [0.717, 1.165) is 6.42 Å². The Bertz CT molecular complexity index is 857. The number of anilines is 1. The highest BCUT2D eigenvalue weighted by atomic mass is 16.5. The third-order valence-electron chi connectivity index (χ3n) is 3.30. The molecule has 10 heteroatoms. The van der Waals surface area contributed by atoms with Crippen molar-refractivity contribution in [2.75, 3.05) is 12.4 Å². The summed E-state index contributed by atoms with van der Waals surface area (Å²) in [6.07, 6.45) is 8.88. The van der Waals surface area contributed by atoms with Crippen molar-refractivity contribution in [2.24, 2.45) is 0 Å². The lowest BCUT2D eigenvalue weighted by Gasteiger charge is -2.03. The van der Waals surface area contributed by atoms with Gasteiger partial charge in [0.25, 0.3) is 0 Å². The number of hydrogen-bond donors (Lipinski definition) is 1. The molecule has 0 atom stereocenters. The minimum Gasteiger partial charge on any atom is -0.479 e. The van der Waals surface area contributed by atoms with Crippen LogP contribution < -0.4 is 10.1 Å². The van der Waals surface area contributed by atoms with Crippen molar-refractivity contribution >= 4 is 11.7 Å². The van der Waals surface area contributed by atoms with Crippen LogP contribution >= 0.6 is 0 Å². The molecule has 10 nitrogen and oxygen atoms in total. The Labute approximate surface area is 143 Å². The van der Waals surface area contributed by atoms with Gasteiger partial charge in [0.2, 0.25) is 11.8 Å². The molecule has 0 bridgehead atoms. The fourth-order valence-electron chi connectivity index (χ4n) is 2.24. The first-order chi connectivity index (χ1) is 12.2. The number of hydrogen-bond acceptors (Lipinski definition) is 7. The maximum absolute atomic E-state index is 12.1. The third-order valence-corrected chi connectivity index (χ3v) is 3.30. The first kappa shape index (κ1) is 16.6. The van der Waals surface area contributed by atoms with Gasteiger partial charge in [-0.15, -0.1) is 5.10 Å². The summed E-state index contributed by atoms with van der Waals surface area (Å²) < 4.78 is 6.69. The van der Waals surface area contributed by atoms with Gasteiger partial charge < -0.3 is 10.1 Å². The fourth-order valence-corrected chi connectivity index (χ4v) is 2.24. The average Bonchev–Trinajstić information content (AvgIpc) is 3.25. The zero-order valence-corrected chi connectivity index (χ0v) is 14.0. The van der Waals surface area contributed by atoms with E-state index in [1.54, 1.807) is 29.6 Å². The summed E-state index contributed by atoms with van der Waals surface area (Å²) in [5.41, 5.74) is 1.28. The summed E-state index contributed by atoms with van der Waals surface area (Å²) in [6, 6.07) is 0. The monoisotopic (exact) mass is 342 g/mol. The molecule has 0 aliphatic rings. The van der Waals surface area contributed by atoms with E-state index in [1.165, 1.54) is 18.0 Å². The van der Waals surface area contributed by atoms with Gasteiger partial charge in [0.15, 0.2) is 5.82 Å². The Morgan fingerprint density at radius 1 is 1.24 bits per heavy atom. The first-order valence-electron chi connectivity index (χ1n) is 7.77. The number of carbonyl (C=O) groups excluding carboxylic acids is 1. The van der Waals surface area contributed by atoms with Gasteiger partial charge in [-0.2, -0.15) is 15.0 Å². The van der Waals surface area contributed by atoms with Crippen LogP contribution in [-0.4, -0.2) is 47.8 Å². The number of nitrogens with zero attached hydrogens (tertiary/aromatic N) is 7. The maximum atomic E-state index is 12.1. The molecule has 0 aliphatic heterocycles. The largest absolute Gasteiger partial charge is 0.479 e. The molecule has 0 aromatic carbocycles. The van der Waals surface area contributed by atoms with Gasteiger partial charge in [-0.05, 0) is 6.42 Å². The molecular weight excluding hydrogens is 324 g/mol. The Morgan fingerprint density at radius 3 is 2.88 bits per heavy atom. The predicted octanol–water partition coefficient (Wildman–Crippen LogP) is 0.989. The molecule has 1 amide bonds. The summed E-state index contributed by atoms with van der Waals surface area (Å²) in [5.74, 6) is 0.574. The molecule has 3 rings (SSSR count). The van der Waals surface area contributed by atoms with Crippen molar-refractivity contribution in [1.82, 2.24) is 34.7 Å². The lowest BCUT2D eigenvalue weighted by molar-refractivity contribution is -0.116. The molecule has 25 heavy (non-hydrogen) atoms. The van der Waals surface area contributed by atoms with Gasteiger partial charge in [-0.25, -0.2) is 9.97 Å². The standard InChI is InChI=1S/C15H18N8O2/c1-3-6-23-19-8-12(21-23)20-13(24)10-22-9-11(7-18-22)14-15(25-2)17-5-4-16-14/h4-5,7-9H,3,6,10H2,1-2H3,(H,20,21,24). The summed E-state index contributed by atoms with van der Waals surface area (Å²) in [5, 5.41) is 15.1. The second-order valence-corrected chi connectivity index (χ2v) is 5.21. The fraction of sp³-hybridized carbons (Fsp3) is 0.333. The average molecular weight is 342 g/mol. The van der Waals surface area contributed by atoms with E-state index in [9.17, 15) is 4.79 Å². The molecule has 130 valence electrons. The normalized spacial score (nSPS) is 10.6. The molecule has 0 unspecified atom stereocenters. The number of ether oxygens (including phenoxy) is 1. The molecule has 0 radical (unpaired) electrons. The number of rotatable bonds is 7. The van der Waals surface area contributed by atoms with Crippen molar-refractivity contribution in [3.8, 4) is 17.1 Å². The number of nitrogens with one attached hydrogen (secondary N) is 1. The lowest BCUT2D eigenvalue weighted by Crippen LogP contribution is -2.19. The molecule has 0 spiro atoms. The number of carbonyl (C=O) groups is 1. The highest BCUT2D eigenvalue weighted by Crippen LogP contribution is 2.24. The SMILES string of the molecule is CCCn1ncc(NC(=O)Cn2cc(-c3nccnc3OC)cn2)n1. The Balaban J connectivity index is 1.65. The molecule has 0 aliphatic carbocycles. The summed E-state index contributed by atoms with van der Waals surface area (Å²) in [4.78, 5) is 22.0. The second kappa shape index (κ2) is 7.51. The molecule has 0 saturated heterocycles. The van der Waals surface area contributed by atoms with Crippen molar-refractivity contribution in [3.05, 3.63) is 31.0 Å². The van der Waals surface area contributed by atoms with Gasteiger partial charge in [0, 0.05) is 24.2 Å². The second-order valence-electron chi connectivity index (χ2n) is 5.21. The zero-order valence-electron chi connectivity index (χ0n) is 14.0. The molecule has 3 heterocycles. The van der Waals surface area contributed by atoms with E-state index in [2.05, 4.69) is 30.6 Å². The van der Waals surface area contributed by atoms with Gasteiger partial charge in [-0.1, -0.05) is 6.92 Å². The molecule has 3 aromatic heterocycles. The van der Waals surface area contributed by atoms with Crippen LogP contribution in [0.15, 0.2) is 31.0 Å². The predicted molar refractivity (Wildman–Crippen MR) is 88.7 cm³/mol. The minimum atomic E-state index is -0.246. The molecule has 3 aromatic rings. The highest BCUT2D eigenvalue weighted by molar-refractivity contribution is 5.89. The summed E-state index contributed by atoms with van der Waals surface area (Å²) in [6.45, 7) is 2.78. The summed E-state index contributed by atoms with van der Waals surface area (Å²) in [7, 11) is 1.52. The van der Waals surface area contributed by atoms with Gasteiger partial charge in [-0.3, -0.25) is 9.48 Å². The number of aryl methyl sites for hydroxylation is 1. The topological polar surface area (TPSA) is 113 Å². The highest BCUT2D eigenvalue weighted by Gasteiger charge is 2.12. The number of amides is 1. The van der Waals surface area contributed by atoms with Crippen LogP contribution in [0.4, 0.5) is 5.82 Å². The van der Waals surface area contributed by atoms with Crippen molar-refractivity contribution in [3.63, 3.8) is 0 Å². The molecule has 0 fully saturated rings. The molecular formula is C15H18N8O2. The zero-order chi connectivity index (χ0) is 17.6. The van der Waals surface area contributed by atoms with E-state index < -0.39 is 0 Å². The van der Waals surface area contributed by atoms with Crippen LogP contribution in [0.3, 0.4) is 0 Å².